The van der Waals surface area contributed by atoms with Crippen LogP contribution in [-0.4, -0.2) is 17.9 Å². The van der Waals surface area contributed by atoms with E-state index in [2.05, 4.69) is 10.6 Å². The molecule has 1 aliphatic carbocycles. The van der Waals surface area contributed by atoms with Crippen LogP contribution in [0.4, 0.5) is 11.4 Å². The SMILES string of the molecule is Cc1ccc(OC(C)C(=O)Nc2ccc(C)c(NC(=O)C3CC3)c2)cc1. The van der Waals surface area contributed by atoms with Gasteiger partial charge in [0.25, 0.3) is 5.91 Å². The van der Waals surface area contributed by atoms with E-state index >= 15 is 0 Å². The van der Waals surface area contributed by atoms with Crippen LogP contribution >= 0.6 is 0 Å². The monoisotopic (exact) mass is 352 g/mol. The van der Waals surface area contributed by atoms with Crippen molar-refractivity contribution in [3.05, 3.63) is 53.6 Å². The molecule has 26 heavy (non-hydrogen) atoms. The van der Waals surface area contributed by atoms with E-state index in [0.29, 0.717) is 11.4 Å². The fourth-order valence-electron chi connectivity index (χ4n) is 2.53. The van der Waals surface area contributed by atoms with Crippen LogP contribution in [0.25, 0.3) is 0 Å². The van der Waals surface area contributed by atoms with Gasteiger partial charge in [-0.3, -0.25) is 9.59 Å². The third kappa shape index (κ3) is 4.63. The molecule has 0 radical (unpaired) electrons. The molecule has 1 aliphatic rings. The number of rotatable bonds is 6. The molecule has 0 saturated heterocycles. The summed E-state index contributed by atoms with van der Waals surface area (Å²) < 4.78 is 5.68. The van der Waals surface area contributed by atoms with Gasteiger partial charge in [-0.2, -0.15) is 0 Å². The van der Waals surface area contributed by atoms with Crippen LogP contribution < -0.4 is 15.4 Å². The molecule has 0 aliphatic heterocycles. The van der Waals surface area contributed by atoms with Crippen LogP contribution in [0.5, 0.6) is 5.75 Å². The Hall–Kier alpha value is -2.82. The molecule has 2 aromatic rings. The number of nitrogens with one attached hydrogen (secondary N) is 2. The molecule has 2 N–H and O–H groups in total. The van der Waals surface area contributed by atoms with Crippen molar-refractivity contribution in [2.45, 2.75) is 39.7 Å². The van der Waals surface area contributed by atoms with E-state index in [9.17, 15) is 9.59 Å². The molecule has 2 aromatic carbocycles. The number of carbonyl (C=O) groups is 2. The zero-order valence-electron chi connectivity index (χ0n) is 15.3. The Morgan fingerprint density at radius 2 is 1.73 bits per heavy atom. The van der Waals surface area contributed by atoms with Crippen molar-refractivity contribution in [3.8, 4) is 5.75 Å². The van der Waals surface area contributed by atoms with Gasteiger partial charge < -0.3 is 15.4 Å². The number of hydrogen-bond acceptors (Lipinski definition) is 3. The molecule has 5 heteroatoms. The van der Waals surface area contributed by atoms with E-state index in [1.165, 1.54) is 0 Å². The van der Waals surface area contributed by atoms with Gasteiger partial charge in [0.15, 0.2) is 6.10 Å². The minimum absolute atomic E-state index is 0.0487. The summed E-state index contributed by atoms with van der Waals surface area (Å²) in [6.45, 7) is 5.63. The summed E-state index contributed by atoms with van der Waals surface area (Å²) in [5.74, 6) is 0.594. The lowest BCUT2D eigenvalue weighted by atomic mass is 10.1. The average molecular weight is 352 g/mol. The second-order valence-electron chi connectivity index (χ2n) is 6.86. The van der Waals surface area contributed by atoms with Crippen molar-refractivity contribution in [2.24, 2.45) is 5.92 Å². The van der Waals surface area contributed by atoms with Crippen LogP contribution in [0.1, 0.15) is 30.9 Å². The first-order valence-electron chi connectivity index (χ1n) is 8.88. The topological polar surface area (TPSA) is 67.4 Å². The van der Waals surface area contributed by atoms with Crippen LogP contribution in [0.15, 0.2) is 42.5 Å². The molecule has 0 bridgehead atoms. The second kappa shape index (κ2) is 7.60. The first-order valence-corrected chi connectivity index (χ1v) is 8.88. The third-order valence-corrected chi connectivity index (χ3v) is 4.41. The Morgan fingerprint density at radius 1 is 1.04 bits per heavy atom. The maximum absolute atomic E-state index is 12.4. The zero-order chi connectivity index (χ0) is 18.7. The van der Waals surface area contributed by atoms with Crippen molar-refractivity contribution in [1.82, 2.24) is 0 Å². The predicted molar refractivity (Wildman–Crippen MR) is 102 cm³/mol. The van der Waals surface area contributed by atoms with Gasteiger partial charge >= 0.3 is 0 Å². The standard InChI is InChI=1S/C21H24N2O3/c1-13-4-10-18(11-5-13)26-15(3)20(24)22-17-9-6-14(2)19(12-17)23-21(25)16-7-8-16/h4-6,9-12,15-16H,7-8H2,1-3H3,(H,22,24)(H,23,25). The third-order valence-electron chi connectivity index (χ3n) is 4.41. The maximum Gasteiger partial charge on any atom is 0.265 e. The van der Waals surface area contributed by atoms with Crippen LogP contribution in [0, 0.1) is 19.8 Å². The smallest absolute Gasteiger partial charge is 0.265 e. The molecule has 5 nitrogen and oxygen atoms in total. The Morgan fingerprint density at radius 3 is 2.38 bits per heavy atom. The summed E-state index contributed by atoms with van der Waals surface area (Å²) >= 11 is 0. The highest BCUT2D eigenvalue weighted by Gasteiger charge is 2.29. The number of hydrogen-bond donors (Lipinski definition) is 2. The van der Waals surface area contributed by atoms with Crippen LogP contribution in [0.3, 0.4) is 0 Å². The fraction of sp³-hybridized carbons (Fsp3) is 0.333. The maximum atomic E-state index is 12.4. The largest absolute Gasteiger partial charge is 0.481 e. The number of aryl methyl sites for hydroxylation is 2. The summed E-state index contributed by atoms with van der Waals surface area (Å²) in [4.78, 5) is 24.4. The molecule has 0 spiro atoms. The average Bonchev–Trinajstić information content (AvgIpc) is 3.45. The molecular weight excluding hydrogens is 328 g/mol. The van der Waals surface area contributed by atoms with Gasteiger partial charge in [0, 0.05) is 17.3 Å². The van der Waals surface area contributed by atoms with E-state index in [1.54, 1.807) is 13.0 Å². The van der Waals surface area contributed by atoms with Crippen molar-refractivity contribution in [2.75, 3.05) is 10.6 Å². The van der Waals surface area contributed by atoms with Gasteiger partial charge in [0.2, 0.25) is 5.91 Å². The zero-order valence-corrected chi connectivity index (χ0v) is 15.3. The minimum atomic E-state index is -0.636. The Labute approximate surface area is 153 Å². The summed E-state index contributed by atoms with van der Waals surface area (Å²) in [5.41, 5.74) is 3.45. The summed E-state index contributed by atoms with van der Waals surface area (Å²) in [5, 5.41) is 5.78. The van der Waals surface area contributed by atoms with Gasteiger partial charge in [-0.15, -0.1) is 0 Å². The van der Waals surface area contributed by atoms with Crippen molar-refractivity contribution in [3.63, 3.8) is 0 Å². The van der Waals surface area contributed by atoms with Gasteiger partial charge in [-0.05, 0) is 63.4 Å². The van der Waals surface area contributed by atoms with Gasteiger partial charge in [-0.1, -0.05) is 23.8 Å². The number of anilines is 2. The quantitative estimate of drug-likeness (QED) is 0.824. The highest BCUT2D eigenvalue weighted by Crippen LogP contribution is 2.31. The normalized spacial score (nSPS) is 14.4. The Kier molecular flexibility index (Phi) is 5.26. The second-order valence-corrected chi connectivity index (χ2v) is 6.86. The molecule has 1 unspecified atom stereocenters. The first kappa shape index (κ1) is 18.0. The molecule has 0 aromatic heterocycles. The number of ether oxygens (including phenoxy) is 1. The predicted octanol–water partition coefficient (Wildman–Crippen LogP) is 4.06. The highest BCUT2D eigenvalue weighted by molar-refractivity contribution is 5.97. The highest BCUT2D eigenvalue weighted by atomic mass is 16.5. The van der Waals surface area contributed by atoms with Crippen molar-refractivity contribution in [1.29, 1.82) is 0 Å². The van der Waals surface area contributed by atoms with Gasteiger partial charge in [0.05, 0.1) is 0 Å². The van der Waals surface area contributed by atoms with Gasteiger partial charge in [0.1, 0.15) is 5.75 Å². The lowest BCUT2D eigenvalue weighted by molar-refractivity contribution is -0.122. The molecule has 3 rings (SSSR count). The molecule has 136 valence electrons. The molecule has 1 saturated carbocycles. The van der Waals surface area contributed by atoms with E-state index < -0.39 is 6.10 Å². The Balaban J connectivity index is 1.62. The van der Waals surface area contributed by atoms with Crippen LogP contribution in [0.2, 0.25) is 0 Å². The lowest BCUT2D eigenvalue weighted by Gasteiger charge is -2.16. The lowest BCUT2D eigenvalue weighted by Crippen LogP contribution is -2.30. The van der Waals surface area contributed by atoms with Crippen LogP contribution in [-0.2, 0) is 9.59 Å². The van der Waals surface area contributed by atoms with E-state index in [4.69, 9.17) is 4.74 Å². The molecule has 1 fully saturated rings. The van der Waals surface area contributed by atoms with Gasteiger partial charge in [-0.25, -0.2) is 0 Å². The summed E-state index contributed by atoms with van der Waals surface area (Å²) in [6.07, 6.45) is 1.27. The molecule has 2 amide bonds. The first-order chi connectivity index (χ1) is 12.4. The number of amides is 2. The number of carbonyl (C=O) groups excluding carboxylic acids is 2. The van der Waals surface area contributed by atoms with E-state index in [1.807, 2.05) is 50.2 Å². The molecule has 0 heterocycles. The minimum Gasteiger partial charge on any atom is -0.481 e. The summed E-state index contributed by atoms with van der Waals surface area (Å²) in [7, 11) is 0. The summed E-state index contributed by atoms with van der Waals surface area (Å²) in [6, 6.07) is 13.0. The fourth-order valence-corrected chi connectivity index (χ4v) is 2.53. The van der Waals surface area contributed by atoms with Crippen molar-refractivity contribution >= 4 is 23.2 Å². The molecular formula is C21H24N2O3. The Bertz CT molecular complexity index is 811. The van der Waals surface area contributed by atoms with E-state index in [0.717, 1.165) is 29.7 Å². The van der Waals surface area contributed by atoms with Crippen molar-refractivity contribution < 1.29 is 14.3 Å². The van der Waals surface area contributed by atoms with E-state index in [-0.39, 0.29) is 17.7 Å². The molecule has 1 atom stereocenters. The number of benzene rings is 2.